The van der Waals surface area contributed by atoms with E-state index in [1.165, 1.54) is 3.57 Å². The molecule has 0 fully saturated rings. The lowest BCUT2D eigenvalue weighted by Gasteiger charge is -2.03. The summed E-state index contributed by atoms with van der Waals surface area (Å²) in [6.07, 6.45) is 0. The number of carbonyl (C=O) groups is 1. The molecule has 1 aliphatic rings. The summed E-state index contributed by atoms with van der Waals surface area (Å²) in [5, 5.41) is 1.12. The van der Waals surface area contributed by atoms with E-state index in [0.29, 0.717) is 0 Å². The van der Waals surface area contributed by atoms with Gasteiger partial charge in [0.15, 0.2) is 0 Å². The molecule has 0 amide bonds. The minimum Gasteiger partial charge on any atom is -0.305 e. The molecule has 1 aliphatic heterocycles. The average Bonchev–Trinajstić information content (AvgIpc) is 2.87. The van der Waals surface area contributed by atoms with Gasteiger partial charge in [0.05, 0.1) is 16.9 Å². The maximum atomic E-state index is 12.3. The van der Waals surface area contributed by atoms with E-state index in [2.05, 4.69) is 45.4 Å². The fraction of sp³-hybridized carbons (Fsp3) is 0. The van der Waals surface area contributed by atoms with Crippen LogP contribution in [0.4, 0.5) is 0 Å². The monoisotopic (exact) mass is 345 g/mol. The fourth-order valence-corrected chi connectivity index (χ4v) is 3.13. The predicted molar refractivity (Wildman–Crippen MR) is 79.4 cm³/mol. The van der Waals surface area contributed by atoms with Crippen LogP contribution in [-0.2, 0) is 0 Å². The minimum atomic E-state index is 0.122. The second kappa shape index (κ2) is 3.45. The highest BCUT2D eigenvalue weighted by molar-refractivity contribution is 14.1. The van der Waals surface area contributed by atoms with Gasteiger partial charge in [-0.25, -0.2) is 0 Å². The van der Waals surface area contributed by atoms with Crippen LogP contribution in [0.3, 0.4) is 0 Å². The maximum Gasteiger partial charge on any atom is 0.211 e. The lowest BCUT2D eigenvalue weighted by Crippen LogP contribution is -1.94. The van der Waals surface area contributed by atoms with E-state index in [1.54, 1.807) is 0 Å². The Labute approximate surface area is 117 Å². The van der Waals surface area contributed by atoms with Crippen LogP contribution in [0.15, 0.2) is 48.5 Å². The number of aromatic nitrogens is 1. The quantitative estimate of drug-likeness (QED) is 0.445. The largest absolute Gasteiger partial charge is 0.305 e. The van der Waals surface area contributed by atoms with Gasteiger partial charge >= 0.3 is 0 Å². The Morgan fingerprint density at radius 3 is 2.72 bits per heavy atom. The first kappa shape index (κ1) is 10.3. The molecule has 1 aromatic heterocycles. The lowest BCUT2D eigenvalue weighted by molar-refractivity contribution is 0.104. The highest BCUT2D eigenvalue weighted by atomic mass is 127. The molecule has 2 nitrogen and oxygen atoms in total. The topological polar surface area (TPSA) is 22.0 Å². The zero-order valence-electron chi connectivity index (χ0n) is 9.35. The van der Waals surface area contributed by atoms with Crippen LogP contribution in [0.2, 0.25) is 0 Å². The van der Waals surface area contributed by atoms with E-state index in [9.17, 15) is 4.79 Å². The summed E-state index contributed by atoms with van der Waals surface area (Å²) in [6, 6.07) is 16.0. The molecule has 3 heteroatoms. The number of fused-ring (bicyclic) bond motifs is 5. The molecule has 3 aromatic rings. The van der Waals surface area contributed by atoms with Crippen molar-refractivity contribution in [2.75, 3.05) is 0 Å². The maximum absolute atomic E-state index is 12.3. The number of carbonyl (C=O) groups excluding carboxylic acids is 1. The van der Waals surface area contributed by atoms with Gasteiger partial charge in [-0.05, 0) is 59.0 Å². The molecule has 0 radical (unpaired) electrons. The van der Waals surface area contributed by atoms with Gasteiger partial charge < -0.3 is 4.57 Å². The zero-order valence-corrected chi connectivity index (χ0v) is 11.5. The smallest absolute Gasteiger partial charge is 0.211 e. The first-order valence-electron chi connectivity index (χ1n) is 5.71. The van der Waals surface area contributed by atoms with E-state index >= 15 is 0 Å². The Morgan fingerprint density at radius 1 is 1.00 bits per heavy atom. The summed E-state index contributed by atoms with van der Waals surface area (Å²) in [4.78, 5) is 12.3. The van der Waals surface area contributed by atoms with Gasteiger partial charge in [-0.2, -0.15) is 0 Å². The summed E-state index contributed by atoms with van der Waals surface area (Å²) >= 11 is 2.29. The van der Waals surface area contributed by atoms with Crippen LogP contribution in [0.25, 0.3) is 16.6 Å². The third-order valence-corrected chi connectivity index (χ3v) is 4.06. The minimum absolute atomic E-state index is 0.122. The SMILES string of the molecule is O=C1c2ccccc2-n2c1cc1cc(I)ccc12. The molecule has 86 valence electrons. The Hall–Kier alpha value is -1.62. The Balaban J connectivity index is 2.17. The van der Waals surface area contributed by atoms with Crippen LogP contribution >= 0.6 is 22.6 Å². The fourth-order valence-electron chi connectivity index (χ4n) is 2.61. The molecule has 0 N–H and O–H groups in total. The van der Waals surface area contributed by atoms with E-state index in [0.717, 1.165) is 27.8 Å². The normalized spacial score (nSPS) is 12.8. The number of nitrogens with zero attached hydrogens (tertiary/aromatic N) is 1. The van der Waals surface area contributed by atoms with Crippen molar-refractivity contribution >= 4 is 39.3 Å². The van der Waals surface area contributed by atoms with Gasteiger partial charge in [0.1, 0.15) is 0 Å². The number of halogens is 1. The summed E-state index contributed by atoms with van der Waals surface area (Å²) in [5.74, 6) is 0.122. The van der Waals surface area contributed by atoms with Gasteiger partial charge in [0.25, 0.3) is 0 Å². The first-order valence-corrected chi connectivity index (χ1v) is 6.79. The zero-order chi connectivity index (χ0) is 12.3. The highest BCUT2D eigenvalue weighted by Crippen LogP contribution is 2.34. The molecule has 2 aromatic carbocycles. The van der Waals surface area contributed by atoms with E-state index in [-0.39, 0.29) is 5.78 Å². The van der Waals surface area contributed by atoms with Crippen LogP contribution in [0.1, 0.15) is 16.1 Å². The van der Waals surface area contributed by atoms with Gasteiger partial charge in [0.2, 0.25) is 5.78 Å². The van der Waals surface area contributed by atoms with Crippen molar-refractivity contribution < 1.29 is 4.79 Å². The molecule has 4 rings (SSSR count). The molecule has 0 aliphatic carbocycles. The van der Waals surface area contributed by atoms with Crippen molar-refractivity contribution in [2.24, 2.45) is 0 Å². The van der Waals surface area contributed by atoms with Crippen molar-refractivity contribution in [3.05, 3.63) is 63.4 Å². The molecule has 0 saturated carbocycles. The third kappa shape index (κ3) is 1.20. The van der Waals surface area contributed by atoms with Crippen molar-refractivity contribution in [3.8, 4) is 5.69 Å². The molecule has 2 heterocycles. The summed E-state index contributed by atoms with van der Waals surface area (Å²) in [6.45, 7) is 0. The lowest BCUT2D eigenvalue weighted by atomic mass is 10.1. The van der Waals surface area contributed by atoms with Crippen LogP contribution < -0.4 is 0 Å². The summed E-state index contributed by atoms with van der Waals surface area (Å²) in [7, 11) is 0. The molecule has 18 heavy (non-hydrogen) atoms. The molecule has 0 bridgehead atoms. The van der Waals surface area contributed by atoms with E-state index in [4.69, 9.17) is 0 Å². The second-order valence-corrected chi connectivity index (χ2v) is 5.66. The van der Waals surface area contributed by atoms with Crippen molar-refractivity contribution in [3.63, 3.8) is 0 Å². The molecule has 0 unspecified atom stereocenters. The number of hydrogen-bond donors (Lipinski definition) is 0. The Kier molecular flexibility index (Phi) is 1.97. The second-order valence-electron chi connectivity index (χ2n) is 4.41. The summed E-state index contributed by atoms with van der Waals surface area (Å²) in [5.41, 5.74) is 3.67. The highest BCUT2D eigenvalue weighted by Gasteiger charge is 2.27. The molecule has 0 saturated heterocycles. The molecule has 0 atom stereocenters. The molecular formula is C15H8INO. The van der Waals surface area contributed by atoms with E-state index < -0.39 is 0 Å². The first-order chi connectivity index (χ1) is 8.75. The van der Waals surface area contributed by atoms with Gasteiger partial charge in [-0.3, -0.25) is 4.79 Å². The Bertz CT molecular complexity index is 816. The van der Waals surface area contributed by atoms with E-state index in [1.807, 2.05) is 30.3 Å². The van der Waals surface area contributed by atoms with Crippen molar-refractivity contribution in [1.29, 1.82) is 0 Å². The van der Waals surface area contributed by atoms with Crippen molar-refractivity contribution in [2.45, 2.75) is 0 Å². The number of para-hydroxylation sites is 1. The Morgan fingerprint density at radius 2 is 1.83 bits per heavy atom. The number of benzene rings is 2. The molecular weight excluding hydrogens is 337 g/mol. The van der Waals surface area contributed by atoms with Gasteiger partial charge in [-0.15, -0.1) is 0 Å². The number of rotatable bonds is 0. The molecule has 0 spiro atoms. The number of ketones is 1. The standard InChI is InChI=1S/C15H8INO/c16-10-5-6-12-9(7-10)8-14-15(18)11-3-1-2-4-13(11)17(12)14/h1-8H. The third-order valence-electron chi connectivity index (χ3n) is 3.39. The summed E-state index contributed by atoms with van der Waals surface area (Å²) < 4.78 is 3.24. The predicted octanol–water partition coefficient (Wildman–Crippen LogP) is 3.78. The number of hydrogen-bond acceptors (Lipinski definition) is 1. The van der Waals surface area contributed by atoms with Gasteiger partial charge in [0, 0.05) is 14.5 Å². The van der Waals surface area contributed by atoms with Gasteiger partial charge in [-0.1, -0.05) is 12.1 Å². The van der Waals surface area contributed by atoms with Crippen LogP contribution in [0, 0.1) is 3.57 Å². The van der Waals surface area contributed by atoms with Crippen molar-refractivity contribution in [1.82, 2.24) is 4.57 Å². The van der Waals surface area contributed by atoms with Crippen LogP contribution in [-0.4, -0.2) is 10.4 Å². The average molecular weight is 345 g/mol. The van der Waals surface area contributed by atoms with Crippen LogP contribution in [0.5, 0.6) is 0 Å².